The highest BCUT2D eigenvalue weighted by atomic mass is 32.2. The number of hydrogen-bond acceptors (Lipinski definition) is 3. The first-order valence-electron chi connectivity index (χ1n) is 4.58. The van der Waals surface area contributed by atoms with E-state index in [4.69, 9.17) is 9.66 Å². The van der Waals surface area contributed by atoms with Crippen LogP contribution in [0.1, 0.15) is 18.9 Å². The average molecular weight is 242 g/mol. The van der Waals surface area contributed by atoms with Crippen LogP contribution in [0.15, 0.2) is 29.2 Å². The van der Waals surface area contributed by atoms with E-state index in [0.29, 0.717) is 0 Å². The second-order valence-electron chi connectivity index (χ2n) is 2.93. The Hall–Kier alpha value is -1.51. The Bertz CT molecular complexity index is 463. The molecule has 0 aromatic heterocycles. The Kier molecular flexibility index (Phi) is 6.23. The van der Waals surface area contributed by atoms with Gasteiger partial charge >= 0.3 is 0 Å². The number of benzene rings is 1. The molecular weight excluding hydrogens is 228 g/mol. The fraction of sp³-hybridized carbons (Fsp3) is 0.273. The highest BCUT2D eigenvalue weighted by Gasteiger charge is 2.06. The molecule has 88 valence electrons. The molecule has 1 aromatic carbocycles. The summed E-state index contributed by atoms with van der Waals surface area (Å²) in [5.41, 5.74) is 0.956. The smallest absolute Gasteiger partial charge is 0.294 e. The van der Waals surface area contributed by atoms with Crippen LogP contribution in [0.3, 0.4) is 0 Å². The topological polar surface area (TPSA) is 74.6 Å². The first-order chi connectivity index (χ1) is 7.41. The minimum absolute atomic E-state index is 0.0666. The van der Waals surface area contributed by atoms with Crippen LogP contribution in [0.4, 0.5) is 0 Å². The van der Waals surface area contributed by atoms with Crippen LogP contribution in [-0.4, -0.2) is 18.1 Å². The van der Waals surface area contributed by atoms with Gasteiger partial charge in [0.25, 0.3) is 10.1 Å². The summed E-state index contributed by atoms with van der Waals surface area (Å²) in [5.74, 6) is 2.42. The van der Waals surface area contributed by atoms with Gasteiger partial charge < -0.3 is 5.11 Å². The SMILES string of the molecule is CCC#CO.Cc1ccc(S(=O)(=O)O)cc1. The van der Waals surface area contributed by atoms with Crippen LogP contribution < -0.4 is 0 Å². The molecule has 0 aliphatic carbocycles. The molecule has 0 fully saturated rings. The van der Waals surface area contributed by atoms with Crippen molar-refractivity contribution in [3.05, 3.63) is 29.8 Å². The fourth-order valence-corrected chi connectivity index (χ4v) is 1.27. The van der Waals surface area contributed by atoms with Crippen LogP contribution in [-0.2, 0) is 10.1 Å². The van der Waals surface area contributed by atoms with E-state index in [2.05, 4.69) is 5.92 Å². The van der Waals surface area contributed by atoms with Crippen molar-refractivity contribution in [1.29, 1.82) is 0 Å². The molecule has 0 saturated heterocycles. The lowest BCUT2D eigenvalue weighted by molar-refractivity contribution is 0.483. The maximum atomic E-state index is 10.5. The van der Waals surface area contributed by atoms with E-state index in [-0.39, 0.29) is 4.90 Å². The summed E-state index contributed by atoms with van der Waals surface area (Å²) in [5, 5.41) is 7.71. The van der Waals surface area contributed by atoms with Crippen molar-refractivity contribution in [3.8, 4) is 12.0 Å². The highest BCUT2D eigenvalue weighted by molar-refractivity contribution is 7.85. The predicted octanol–water partition coefficient (Wildman–Crippen LogP) is 1.97. The van der Waals surface area contributed by atoms with E-state index in [1.165, 1.54) is 12.1 Å². The lowest BCUT2D eigenvalue weighted by Gasteiger charge is -1.95. The summed E-state index contributed by atoms with van der Waals surface area (Å²) >= 11 is 0. The van der Waals surface area contributed by atoms with Crippen molar-refractivity contribution >= 4 is 10.1 Å². The Labute approximate surface area is 95.7 Å². The van der Waals surface area contributed by atoms with Crippen LogP contribution in [0.25, 0.3) is 0 Å². The minimum atomic E-state index is -4.02. The lowest BCUT2D eigenvalue weighted by atomic mass is 10.2. The molecule has 1 aromatic rings. The van der Waals surface area contributed by atoms with Gasteiger partial charge in [0.1, 0.15) is 6.11 Å². The number of aryl methyl sites for hydroxylation is 1. The van der Waals surface area contributed by atoms with E-state index >= 15 is 0 Å². The standard InChI is InChI=1S/C7H8O3S.C4H6O/c1-6-2-4-7(5-3-6)11(8,9)10;1-2-3-4-5/h2-5H,1H3,(H,8,9,10);5H,2H2,1H3. The Morgan fingerprint density at radius 2 is 1.75 bits per heavy atom. The predicted molar refractivity (Wildman–Crippen MR) is 61.0 cm³/mol. The fourth-order valence-electron chi connectivity index (χ4n) is 0.789. The second kappa shape index (κ2) is 6.88. The lowest BCUT2D eigenvalue weighted by Crippen LogP contribution is -1.96. The van der Waals surface area contributed by atoms with Crippen molar-refractivity contribution in [3.63, 3.8) is 0 Å². The third kappa shape index (κ3) is 6.06. The normalized spacial score (nSPS) is 9.44. The van der Waals surface area contributed by atoms with E-state index in [1.807, 2.05) is 13.8 Å². The van der Waals surface area contributed by atoms with Gasteiger partial charge in [0.15, 0.2) is 0 Å². The quantitative estimate of drug-likeness (QED) is 0.583. The monoisotopic (exact) mass is 242 g/mol. The van der Waals surface area contributed by atoms with Crippen molar-refractivity contribution in [2.75, 3.05) is 0 Å². The number of aliphatic hydroxyl groups excluding tert-OH is 1. The van der Waals surface area contributed by atoms with Crippen LogP contribution in [0.5, 0.6) is 0 Å². The third-order valence-corrected chi connectivity index (χ3v) is 2.44. The summed E-state index contributed by atoms with van der Waals surface area (Å²) in [6.45, 7) is 3.72. The zero-order chi connectivity index (χ0) is 12.6. The molecule has 0 heterocycles. The van der Waals surface area contributed by atoms with Gasteiger partial charge in [-0.2, -0.15) is 8.42 Å². The van der Waals surface area contributed by atoms with Gasteiger partial charge in [0.05, 0.1) is 4.90 Å². The summed E-state index contributed by atoms with van der Waals surface area (Å²) in [6.07, 6.45) is 2.50. The molecule has 0 aliphatic rings. The summed E-state index contributed by atoms with van der Waals surface area (Å²) < 4.78 is 29.6. The van der Waals surface area contributed by atoms with E-state index in [0.717, 1.165) is 12.0 Å². The van der Waals surface area contributed by atoms with Crippen molar-refractivity contribution in [2.45, 2.75) is 25.2 Å². The van der Waals surface area contributed by atoms with Gasteiger partial charge in [-0.15, -0.1) is 0 Å². The molecule has 5 heteroatoms. The molecule has 0 aliphatic heterocycles. The molecule has 0 unspecified atom stereocenters. The first-order valence-corrected chi connectivity index (χ1v) is 6.02. The average Bonchev–Trinajstić information content (AvgIpc) is 2.19. The summed E-state index contributed by atoms with van der Waals surface area (Å²) in [4.78, 5) is -0.0666. The summed E-state index contributed by atoms with van der Waals surface area (Å²) in [6, 6.07) is 5.99. The summed E-state index contributed by atoms with van der Waals surface area (Å²) in [7, 11) is -4.02. The van der Waals surface area contributed by atoms with Crippen LogP contribution in [0, 0.1) is 19.0 Å². The molecule has 1 rings (SSSR count). The van der Waals surface area contributed by atoms with Crippen molar-refractivity contribution in [2.24, 2.45) is 0 Å². The Morgan fingerprint density at radius 1 is 1.25 bits per heavy atom. The van der Waals surface area contributed by atoms with Gasteiger partial charge in [-0.3, -0.25) is 4.55 Å². The Balaban J connectivity index is 0.000000385. The van der Waals surface area contributed by atoms with Crippen LogP contribution in [0.2, 0.25) is 0 Å². The zero-order valence-corrected chi connectivity index (χ0v) is 9.95. The van der Waals surface area contributed by atoms with Gasteiger partial charge in [-0.1, -0.05) is 30.5 Å². The molecule has 0 spiro atoms. The molecular formula is C11H14O4S. The second-order valence-corrected chi connectivity index (χ2v) is 4.35. The largest absolute Gasteiger partial charge is 0.462 e. The molecule has 0 amide bonds. The highest BCUT2D eigenvalue weighted by Crippen LogP contribution is 2.08. The first kappa shape index (κ1) is 14.5. The number of aliphatic hydroxyl groups is 1. The minimum Gasteiger partial charge on any atom is -0.462 e. The zero-order valence-electron chi connectivity index (χ0n) is 9.14. The van der Waals surface area contributed by atoms with Crippen molar-refractivity contribution < 1.29 is 18.1 Å². The third-order valence-electron chi connectivity index (χ3n) is 1.57. The van der Waals surface area contributed by atoms with E-state index < -0.39 is 10.1 Å². The maximum Gasteiger partial charge on any atom is 0.294 e. The molecule has 0 radical (unpaired) electrons. The molecule has 16 heavy (non-hydrogen) atoms. The van der Waals surface area contributed by atoms with Gasteiger partial charge in [0.2, 0.25) is 0 Å². The maximum absolute atomic E-state index is 10.5. The van der Waals surface area contributed by atoms with E-state index in [1.54, 1.807) is 18.2 Å². The number of hydrogen-bond donors (Lipinski definition) is 2. The van der Waals surface area contributed by atoms with Crippen LogP contribution >= 0.6 is 0 Å². The van der Waals surface area contributed by atoms with E-state index in [9.17, 15) is 8.42 Å². The van der Waals surface area contributed by atoms with Gasteiger partial charge in [-0.25, -0.2) is 0 Å². The molecule has 4 nitrogen and oxygen atoms in total. The molecule has 0 saturated carbocycles. The Morgan fingerprint density at radius 3 is 2.00 bits per heavy atom. The van der Waals surface area contributed by atoms with Gasteiger partial charge in [0, 0.05) is 6.42 Å². The molecule has 0 bridgehead atoms. The number of rotatable bonds is 1. The van der Waals surface area contributed by atoms with Crippen molar-refractivity contribution in [1.82, 2.24) is 0 Å². The molecule has 2 N–H and O–H groups in total. The molecule has 0 atom stereocenters. The van der Waals surface area contributed by atoms with Gasteiger partial charge in [-0.05, 0) is 19.1 Å².